The van der Waals surface area contributed by atoms with Gasteiger partial charge >= 0.3 is 6.01 Å². The predicted molar refractivity (Wildman–Crippen MR) is 43.3 cm³/mol. The molecule has 1 heterocycles. The number of aromatic nitrogens is 2. The fraction of sp³-hybridized carbons (Fsp3) is 0.714. The van der Waals surface area contributed by atoms with Crippen LogP contribution in [-0.2, 0) is 4.74 Å². The van der Waals surface area contributed by atoms with Crippen LogP contribution in [0.5, 0.6) is 0 Å². The van der Waals surface area contributed by atoms with Gasteiger partial charge in [0, 0.05) is 7.11 Å². The first kappa shape index (κ1) is 8.99. The Kier molecular flexibility index (Phi) is 2.65. The molecular formula is C7H13N3O2. The van der Waals surface area contributed by atoms with Crippen LogP contribution in [0.2, 0.25) is 0 Å². The van der Waals surface area contributed by atoms with Crippen molar-refractivity contribution in [2.24, 2.45) is 5.92 Å². The van der Waals surface area contributed by atoms with E-state index in [0.29, 0.717) is 11.7 Å². The van der Waals surface area contributed by atoms with Gasteiger partial charge in [0.25, 0.3) is 0 Å². The lowest BCUT2D eigenvalue weighted by molar-refractivity contribution is 0.0556. The summed E-state index contributed by atoms with van der Waals surface area (Å²) in [6.45, 7) is 4.03. The minimum Gasteiger partial charge on any atom is -0.373 e. The number of hydrogen-bond acceptors (Lipinski definition) is 5. The third kappa shape index (κ3) is 1.73. The largest absolute Gasteiger partial charge is 0.373 e. The average molecular weight is 171 g/mol. The molecule has 0 fully saturated rings. The van der Waals surface area contributed by atoms with Crippen LogP contribution in [-0.4, -0.2) is 17.3 Å². The van der Waals surface area contributed by atoms with Gasteiger partial charge in [-0.3, -0.25) is 0 Å². The van der Waals surface area contributed by atoms with Crippen LogP contribution in [0.4, 0.5) is 6.01 Å². The van der Waals surface area contributed by atoms with Gasteiger partial charge in [0.1, 0.15) is 6.10 Å². The lowest BCUT2D eigenvalue weighted by Gasteiger charge is -2.14. The van der Waals surface area contributed by atoms with Gasteiger partial charge in [-0.05, 0) is 5.92 Å². The van der Waals surface area contributed by atoms with E-state index in [1.54, 1.807) is 7.11 Å². The summed E-state index contributed by atoms with van der Waals surface area (Å²) in [7, 11) is 1.61. The average Bonchev–Trinajstić information content (AvgIpc) is 2.37. The lowest BCUT2D eigenvalue weighted by atomic mass is 10.1. The maximum atomic E-state index is 5.28. The molecule has 68 valence electrons. The van der Waals surface area contributed by atoms with Gasteiger partial charge in [0.15, 0.2) is 0 Å². The third-order valence-corrected chi connectivity index (χ3v) is 1.57. The van der Waals surface area contributed by atoms with E-state index in [-0.39, 0.29) is 12.1 Å². The molecule has 12 heavy (non-hydrogen) atoms. The molecule has 5 heteroatoms. The van der Waals surface area contributed by atoms with Crippen LogP contribution in [0.3, 0.4) is 0 Å². The molecule has 1 rings (SSSR count). The van der Waals surface area contributed by atoms with E-state index in [2.05, 4.69) is 14.7 Å². The summed E-state index contributed by atoms with van der Waals surface area (Å²) in [4.78, 5) is 3.88. The Morgan fingerprint density at radius 2 is 2.17 bits per heavy atom. The van der Waals surface area contributed by atoms with E-state index < -0.39 is 0 Å². The summed E-state index contributed by atoms with van der Waals surface area (Å²) < 4.78 is 9.80. The molecule has 1 aromatic heterocycles. The van der Waals surface area contributed by atoms with E-state index in [4.69, 9.17) is 10.5 Å². The highest BCUT2D eigenvalue weighted by Crippen LogP contribution is 2.22. The van der Waals surface area contributed by atoms with Gasteiger partial charge in [-0.2, -0.15) is 4.98 Å². The number of nitrogens with two attached hydrogens (primary N) is 1. The van der Waals surface area contributed by atoms with Gasteiger partial charge in [0.05, 0.1) is 0 Å². The second kappa shape index (κ2) is 3.53. The normalized spacial score (nSPS) is 13.7. The van der Waals surface area contributed by atoms with Crippen molar-refractivity contribution in [1.82, 2.24) is 10.1 Å². The Bertz CT molecular complexity index is 247. The van der Waals surface area contributed by atoms with E-state index in [9.17, 15) is 0 Å². The Hall–Kier alpha value is -1.10. The Morgan fingerprint density at radius 3 is 2.50 bits per heavy atom. The molecule has 1 unspecified atom stereocenters. The maximum absolute atomic E-state index is 5.28. The molecule has 0 aromatic carbocycles. The van der Waals surface area contributed by atoms with Crippen molar-refractivity contribution in [1.29, 1.82) is 0 Å². The zero-order valence-electron chi connectivity index (χ0n) is 7.44. The molecule has 5 nitrogen and oxygen atoms in total. The second-order valence-electron chi connectivity index (χ2n) is 2.89. The lowest BCUT2D eigenvalue weighted by Crippen LogP contribution is -2.10. The fourth-order valence-corrected chi connectivity index (χ4v) is 1.04. The number of nitrogen functional groups attached to an aromatic ring is 1. The van der Waals surface area contributed by atoms with Crippen LogP contribution in [0.1, 0.15) is 25.8 Å². The molecule has 2 N–H and O–H groups in total. The van der Waals surface area contributed by atoms with E-state index in [0.717, 1.165) is 0 Å². The molecule has 1 atom stereocenters. The quantitative estimate of drug-likeness (QED) is 0.734. The van der Waals surface area contributed by atoms with Gasteiger partial charge in [-0.25, -0.2) is 0 Å². The fourth-order valence-electron chi connectivity index (χ4n) is 1.04. The topological polar surface area (TPSA) is 74.2 Å². The Morgan fingerprint density at radius 1 is 1.50 bits per heavy atom. The standard InChI is InChI=1S/C7H13N3O2/c1-4(2)5(11-3)6-9-7(8)12-10-6/h4-5H,1-3H3,(H2,8,9,10). The maximum Gasteiger partial charge on any atom is 0.318 e. The van der Waals surface area contributed by atoms with Crippen molar-refractivity contribution >= 4 is 6.01 Å². The SMILES string of the molecule is COC(c1noc(N)n1)C(C)C. The highest BCUT2D eigenvalue weighted by atomic mass is 16.5. The molecule has 0 radical (unpaired) electrons. The minimum atomic E-state index is -0.147. The van der Waals surface area contributed by atoms with Crippen molar-refractivity contribution in [3.63, 3.8) is 0 Å². The molecule has 1 aromatic rings. The molecule has 0 saturated heterocycles. The summed E-state index contributed by atoms with van der Waals surface area (Å²) in [5.41, 5.74) is 5.28. The number of hydrogen-bond donors (Lipinski definition) is 1. The number of rotatable bonds is 3. The van der Waals surface area contributed by atoms with Gasteiger partial charge < -0.3 is 15.0 Å². The molecule has 0 aliphatic heterocycles. The predicted octanol–water partition coefficient (Wildman–Crippen LogP) is 0.995. The van der Waals surface area contributed by atoms with Gasteiger partial charge in [-0.15, -0.1) is 0 Å². The third-order valence-electron chi connectivity index (χ3n) is 1.57. The highest BCUT2D eigenvalue weighted by Gasteiger charge is 2.20. The summed E-state index contributed by atoms with van der Waals surface area (Å²) in [6.07, 6.45) is -0.147. The minimum absolute atomic E-state index is 0.0766. The summed E-state index contributed by atoms with van der Waals surface area (Å²) in [5, 5.41) is 3.67. The van der Waals surface area contributed by atoms with Gasteiger partial charge in [-0.1, -0.05) is 19.0 Å². The molecule has 0 aliphatic rings. The molecule has 0 aliphatic carbocycles. The van der Waals surface area contributed by atoms with E-state index in [1.165, 1.54) is 0 Å². The second-order valence-corrected chi connectivity index (χ2v) is 2.89. The number of nitrogens with zero attached hydrogens (tertiary/aromatic N) is 2. The zero-order chi connectivity index (χ0) is 9.14. The summed E-state index contributed by atoms with van der Waals surface area (Å²) >= 11 is 0. The van der Waals surface area contributed by atoms with Crippen LogP contribution in [0.15, 0.2) is 4.52 Å². The first-order valence-corrected chi connectivity index (χ1v) is 3.77. The highest BCUT2D eigenvalue weighted by molar-refractivity contribution is 5.08. The number of anilines is 1. The van der Waals surface area contributed by atoms with Crippen molar-refractivity contribution in [2.75, 3.05) is 12.8 Å². The molecule has 0 saturated carbocycles. The Balaban J connectivity index is 2.80. The van der Waals surface area contributed by atoms with Crippen LogP contribution < -0.4 is 5.73 Å². The Labute approximate surface area is 70.9 Å². The van der Waals surface area contributed by atoms with Crippen molar-refractivity contribution < 1.29 is 9.26 Å². The van der Waals surface area contributed by atoms with E-state index >= 15 is 0 Å². The zero-order valence-corrected chi connectivity index (χ0v) is 7.44. The monoisotopic (exact) mass is 171 g/mol. The molecule has 0 spiro atoms. The molecular weight excluding hydrogens is 158 g/mol. The van der Waals surface area contributed by atoms with Crippen molar-refractivity contribution in [3.05, 3.63) is 5.82 Å². The van der Waals surface area contributed by atoms with Gasteiger partial charge in [0.2, 0.25) is 5.82 Å². The first-order valence-electron chi connectivity index (χ1n) is 3.77. The first-order chi connectivity index (χ1) is 5.65. The molecule has 0 amide bonds. The van der Waals surface area contributed by atoms with Crippen molar-refractivity contribution in [3.8, 4) is 0 Å². The van der Waals surface area contributed by atoms with Crippen LogP contribution >= 0.6 is 0 Å². The van der Waals surface area contributed by atoms with Crippen LogP contribution in [0, 0.1) is 5.92 Å². The van der Waals surface area contributed by atoms with E-state index in [1.807, 2.05) is 13.8 Å². The summed E-state index contributed by atoms with van der Waals surface area (Å²) in [5.74, 6) is 0.803. The molecule has 0 bridgehead atoms. The van der Waals surface area contributed by atoms with Crippen LogP contribution in [0.25, 0.3) is 0 Å². The van der Waals surface area contributed by atoms with Crippen molar-refractivity contribution in [2.45, 2.75) is 20.0 Å². The summed E-state index contributed by atoms with van der Waals surface area (Å²) in [6, 6.07) is 0.0766. The smallest absolute Gasteiger partial charge is 0.318 e. The number of methoxy groups -OCH3 is 1. The number of ether oxygens (including phenoxy) is 1.